The number of para-hydroxylation sites is 2. The quantitative estimate of drug-likeness (QED) is 0.819. The molecule has 0 aliphatic carbocycles. The monoisotopic (exact) mass is 366 g/mol. The van der Waals surface area contributed by atoms with Crippen LogP contribution in [0.1, 0.15) is 5.56 Å². The molecular weight excluding hydrogens is 347 g/mol. The predicted molar refractivity (Wildman–Crippen MR) is 92.7 cm³/mol. The summed E-state index contributed by atoms with van der Waals surface area (Å²) in [7, 11) is -4.99. The lowest BCUT2D eigenvalue weighted by molar-refractivity contribution is 0.249. The lowest BCUT2D eigenvalue weighted by Crippen LogP contribution is -2.45. The second-order valence-corrected chi connectivity index (χ2v) is 6.83. The Morgan fingerprint density at radius 1 is 1.00 bits per heavy atom. The highest BCUT2D eigenvalue weighted by Gasteiger charge is 2.19. The molecule has 0 spiro atoms. The molecule has 1 N–H and O–H groups in total. The third-order valence-electron chi connectivity index (χ3n) is 4.12. The fraction of sp³-hybridized carbons (Fsp3) is 0.294. The Morgan fingerprint density at radius 2 is 1.64 bits per heavy atom. The fourth-order valence-electron chi connectivity index (χ4n) is 2.90. The van der Waals surface area contributed by atoms with Gasteiger partial charge in [-0.15, -0.1) is 0 Å². The third kappa shape index (κ3) is 4.83. The van der Waals surface area contributed by atoms with Crippen LogP contribution < -0.4 is 9.08 Å². The number of aromatic hydroxyl groups is 1. The van der Waals surface area contributed by atoms with Crippen LogP contribution in [0.2, 0.25) is 0 Å². The largest absolute Gasteiger partial charge is 0.506 e. The van der Waals surface area contributed by atoms with Gasteiger partial charge in [0.25, 0.3) is 0 Å². The molecule has 1 fully saturated rings. The normalized spacial score (nSPS) is 16.0. The number of hydrogen-bond donors (Lipinski definition) is 1. The molecule has 2 aromatic rings. The van der Waals surface area contributed by atoms with Gasteiger partial charge in [0.05, 0.1) is 5.69 Å². The van der Waals surface area contributed by atoms with Crippen LogP contribution in [0.5, 0.6) is 11.5 Å². The van der Waals surface area contributed by atoms with Crippen molar-refractivity contribution in [3.05, 3.63) is 54.1 Å². The zero-order valence-electron chi connectivity index (χ0n) is 13.5. The lowest BCUT2D eigenvalue weighted by Gasteiger charge is -2.36. The summed E-state index contributed by atoms with van der Waals surface area (Å²) >= 11 is 0. The molecule has 6 nitrogen and oxygen atoms in total. The van der Waals surface area contributed by atoms with Crippen molar-refractivity contribution in [3.63, 3.8) is 0 Å². The van der Waals surface area contributed by atoms with Gasteiger partial charge in [-0.1, -0.05) is 28.2 Å². The van der Waals surface area contributed by atoms with Gasteiger partial charge in [0.15, 0.2) is 0 Å². The maximum Gasteiger partial charge on any atom is 0.488 e. The summed E-state index contributed by atoms with van der Waals surface area (Å²) in [5.41, 5.74) is 1.83. The fourth-order valence-corrected chi connectivity index (χ4v) is 3.24. The van der Waals surface area contributed by atoms with Gasteiger partial charge < -0.3 is 14.2 Å². The van der Waals surface area contributed by atoms with E-state index in [4.69, 9.17) is 0 Å². The smallest absolute Gasteiger partial charge is 0.488 e. The minimum atomic E-state index is -4.99. The minimum absolute atomic E-state index is 0.0457. The first-order valence-corrected chi connectivity index (χ1v) is 9.20. The van der Waals surface area contributed by atoms with Crippen molar-refractivity contribution < 1.29 is 21.6 Å². The number of halogens is 1. The standard InChI is InChI=1S/C17H19FN2O4S/c18-25(22,23)24-15-7-5-14(6-8-15)13-19-9-11-20(12-10-19)16-3-1-2-4-17(16)21/h1-8,21H,9-13H2. The van der Waals surface area contributed by atoms with Crippen molar-refractivity contribution in [2.75, 3.05) is 31.1 Å². The molecule has 0 bridgehead atoms. The summed E-state index contributed by atoms with van der Waals surface area (Å²) in [6, 6.07) is 13.6. The molecule has 3 rings (SSSR count). The molecule has 1 aliphatic heterocycles. The Hall–Kier alpha value is -2.32. The van der Waals surface area contributed by atoms with E-state index in [1.807, 2.05) is 12.1 Å². The van der Waals surface area contributed by atoms with Crippen molar-refractivity contribution >= 4 is 16.2 Å². The SMILES string of the molecule is O=S(=O)(F)Oc1ccc(CN2CCN(c3ccccc3O)CC2)cc1. The van der Waals surface area contributed by atoms with E-state index in [0.29, 0.717) is 6.54 Å². The zero-order valence-corrected chi connectivity index (χ0v) is 14.3. The van der Waals surface area contributed by atoms with Crippen LogP contribution in [-0.4, -0.2) is 44.6 Å². The summed E-state index contributed by atoms with van der Waals surface area (Å²) in [5, 5.41) is 9.93. The number of benzene rings is 2. The second kappa shape index (κ2) is 7.28. The minimum Gasteiger partial charge on any atom is -0.506 e. The van der Waals surface area contributed by atoms with Crippen molar-refractivity contribution in [3.8, 4) is 11.5 Å². The zero-order chi connectivity index (χ0) is 17.9. The first kappa shape index (κ1) is 17.5. The van der Waals surface area contributed by atoms with Crippen LogP contribution in [0, 0.1) is 0 Å². The number of piperazine rings is 1. The van der Waals surface area contributed by atoms with Crippen molar-refractivity contribution in [1.82, 2.24) is 4.90 Å². The van der Waals surface area contributed by atoms with Gasteiger partial charge in [-0.05, 0) is 29.8 Å². The average molecular weight is 366 g/mol. The summed E-state index contributed by atoms with van der Waals surface area (Å²) in [4.78, 5) is 4.41. The molecule has 0 radical (unpaired) electrons. The first-order valence-electron chi connectivity index (χ1n) is 7.89. The van der Waals surface area contributed by atoms with Gasteiger partial charge in [0.2, 0.25) is 0 Å². The summed E-state index contributed by atoms with van der Waals surface area (Å²) in [6.45, 7) is 3.99. The second-order valence-electron chi connectivity index (χ2n) is 5.87. The van der Waals surface area contributed by atoms with Gasteiger partial charge >= 0.3 is 10.5 Å². The van der Waals surface area contributed by atoms with Crippen molar-refractivity contribution in [2.24, 2.45) is 0 Å². The van der Waals surface area contributed by atoms with Gasteiger partial charge in [-0.25, -0.2) is 0 Å². The van der Waals surface area contributed by atoms with Crippen LogP contribution >= 0.6 is 0 Å². The molecule has 0 unspecified atom stereocenters. The van der Waals surface area contributed by atoms with E-state index in [1.54, 1.807) is 24.3 Å². The summed E-state index contributed by atoms with van der Waals surface area (Å²) in [6.07, 6.45) is 0. The molecule has 0 aromatic heterocycles. The van der Waals surface area contributed by atoms with Gasteiger partial charge in [0.1, 0.15) is 11.5 Å². The van der Waals surface area contributed by atoms with E-state index >= 15 is 0 Å². The van der Waals surface area contributed by atoms with Gasteiger partial charge in [-0.3, -0.25) is 4.90 Å². The van der Waals surface area contributed by atoms with E-state index in [2.05, 4.69) is 14.0 Å². The Bertz CT molecular complexity index is 819. The topological polar surface area (TPSA) is 70.1 Å². The molecule has 0 saturated carbocycles. The molecule has 1 aliphatic rings. The Balaban J connectivity index is 1.55. The van der Waals surface area contributed by atoms with Crippen LogP contribution in [0.15, 0.2) is 48.5 Å². The molecule has 134 valence electrons. The van der Waals surface area contributed by atoms with Crippen LogP contribution in [0.4, 0.5) is 9.57 Å². The lowest BCUT2D eigenvalue weighted by atomic mass is 10.2. The van der Waals surface area contributed by atoms with Gasteiger partial charge in [0, 0.05) is 32.7 Å². The molecule has 8 heteroatoms. The number of anilines is 1. The molecule has 25 heavy (non-hydrogen) atoms. The maximum absolute atomic E-state index is 12.5. The Labute approximate surface area is 146 Å². The predicted octanol–water partition coefficient (Wildman–Crippen LogP) is 2.31. The first-order chi connectivity index (χ1) is 11.9. The van der Waals surface area contributed by atoms with Crippen LogP contribution in [0.25, 0.3) is 0 Å². The maximum atomic E-state index is 12.5. The number of rotatable bonds is 5. The van der Waals surface area contributed by atoms with Crippen molar-refractivity contribution in [2.45, 2.75) is 6.54 Å². The molecule has 1 heterocycles. The number of phenolic OH excluding ortho intramolecular Hbond substituents is 1. The summed E-state index contributed by atoms with van der Waals surface area (Å²) in [5.74, 6) is 0.241. The number of phenols is 1. The molecule has 1 saturated heterocycles. The summed E-state index contributed by atoms with van der Waals surface area (Å²) < 4.78 is 37.6. The molecular formula is C17H19FN2O4S. The van der Waals surface area contributed by atoms with E-state index in [-0.39, 0.29) is 11.5 Å². The number of hydrogen-bond acceptors (Lipinski definition) is 6. The van der Waals surface area contributed by atoms with Crippen LogP contribution in [0.3, 0.4) is 0 Å². The number of nitrogens with zero attached hydrogens (tertiary/aromatic N) is 2. The Morgan fingerprint density at radius 3 is 2.24 bits per heavy atom. The van der Waals surface area contributed by atoms with E-state index < -0.39 is 10.5 Å². The average Bonchev–Trinajstić information content (AvgIpc) is 2.57. The van der Waals surface area contributed by atoms with E-state index in [0.717, 1.165) is 37.4 Å². The van der Waals surface area contributed by atoms with E-state index in [9.17, 15) is 17.4 Å². The highest BCUT2D eigenvalue weighted by molar-refractivity contribution is 7.81. The van der Waals surface area contributed by atoms with Gasteiger partial charge in [-0.2, -0.15) is 8.42 Å². The van der Waals surface area contributed by atoms with Crippen molar-refractivity contribution in [1.29, 1.82) is 0 Å². The highest BCUT2D eigenvalue weighted by Crippen LogP contribution is 2.27. The van der Waals surface area contributed by atoms with Crippen LogP contribution in [-0.2, 0) is 17.0 Å². The third-order valence-corrected chi connectivity index (χ3v) is 4.51. The van der Waals surface area contributed by atoms with E-state index in [1.165, 1.54) is 12.1 Å². The Kier molecular flexibility index (Phi) is 5.10. The molecule has 0 atom stereocenters. The molecule has 0 amide bonds. The molecule has 2 aromatic carbocycles. The highest BCUT2D eigenvalue weighted by atomic mass is 32.3.